The number of carbonyl (C=O) groups is 1. The van der Waals surface area contributed by atoms with E-state index in [1.54, 1.807) is 13.0 Å². The fourth-order valence-electron chi connectivity index (χ4n) is 1.63. The molecule has 1 heterocycles. The second-order valence-corrected chi connectivity index (χ2v) is 4.63. The Kier molecular flexibility index (Phi) is 4.29. The zero-order valence-electron chi connectivity index (χ0n) is 10.6. The summed E-state index contributed by atoms with van der Waals surface area (Å²) < 4.78 is 26.2. The average molecular weight is 297 g/mol. The van der Waals surface area contributed by atoms with Gasteiger partial charge < -0.3 is 5.32 Å². The molecule has 0 radical (unpaired) electrons. The first-order valence-corrected chi connectivity index (χ1v) is 6.19. The summed E-state index contributed by atoms with van der Waals surface area (Å²) >= 11 is 5.93. The molecule has 1 aromatic carbocycles. The third-order valence-electron chi connectivity index (χ3n) is 2.69. The quantitative estimate of drug-likeness (QED) is 0.944. The number of nitrogens with one attached hydrogen (secondary N) is 1. The molecule has 2 rings (SSSR count). The topological polar surface area (TPSA) is 42.0 Å². The number of halogens is 3. The molecular weight excluding hydrogens is 286 g/mol. The Morgan fingerprint density at radius 1 is 1.35 bits per heavy atom. The lowest BCUT2D eigenvalue weighted by atomic mass is 10.2. The summed E-state index contributed by atoms with van der Waals surface area (Å²) in [6, 6.07) is 4.74. The van der Waals surface area contributed by atoms with Crippen LogP contribution in [0.25, 0.3) is 0 Å². The highest BCUT2D eigenvalue weighted by Gasteiger charge is 2.12. The van der Waals surface area contributed by atoms with Crippen LogP contribution in [-0.2, 0) is 6.54 Å². The van der Waals surface area contributed by atoms with Crippen molar-refractivity contribution in [3.8, 4) is 0 Å². The molecule has 0 unspecified atom stereocenters. The van der Waals surface area contributed by atoms with E-state index in [-0.39, 0.29) is 22.7 Å². The molecule has 1 amide bonds. The summed E-state index contributed by atoms with van der Waals surface area (Å²) in [6.45, 7) is 1.69. The van der Waals surface area contributed by atoms with Crippen LogP contribution in [0.2, 0.25) is 5.02 Å². The molecule has 2 aromatic rings. The third kappa shape index (κ3) is 3.30. The summed E-state index contributed by atoms with van der Waals surface area (Å²) in [5.74, 6) is -1.84. The first kappa shape index (κ1) is 14.4. The highest BCUT2D eigenvalue weighted by atomic mass is 35.5. The Morgan fingerprint density at radius 2 is 2.10 bits per heavy atom. The number of carbonyl (C=O) groups excluding carboxylic acids is 1. The minimum absolute atomic E-state index is 0.0604. The molecular formula is C14H11ClF2N2O. The van der Waals surface area contributed by atoms with E-state index >= 15 is 0 Å². The van der Waals surface area contributed by atoms with E-state index in [4.69, 9.17) is 11.6 Å². The lowest BCUT2D eigenvalue weighted by Gasteiger charge is -2.08. The van der Waals surface area contributed by atoms with Crippen LogP contribution < -0.4 is 5.32 Å². The van der Waals surface area contributed by atoms with Gasteiger partial charge in [0.15, 0.2) is 0 Å². The molecule has 1 aromatic heterocycles. The molecule has 1 N–H and O–H groups in total. The number of aromatic nitrogens is 1. The third-order valence-corrected chi connectivity index (χ3v) is 3.00. The molecule has 0 aliphatic carbocycles. The van der Waals surface area contributed by atoms with Crippen LogP contribution in [0, 0.1) is 18.6 Å². The first-order valence-electron chi connectivity index (χ1n) is 5.81. The predicted molar refractivity (Wildman–Crippen MR) is 71.5 cm³/mol. The Hall–Kier alpha value is -2.01. The van der Waals surface area contributed by atoms with Gasteiger partial charge in [-0.15, -0.1) is 0 Å². The fourth-order valence-corrected chi connectivity index (χ4v) is 1.92. The van der Waals surface area contributed by atoms with Gasteiger partial charge in [-0.2, -0.15) is 0 Å². The van der Waals surface area contributed by atoms with Crippen molar-refractivity contribution >= 4 is 17.5 Å². The maximum atomic E-state index is 13.4. The van der Waals surface area contributed by atoms with E-state index in [0.29, 0.717) is 5.69 Å². The van der Waals surface area contributed by atoms with Crippen molar-refractivity contribution in [1.82, 2.24) is 10.3 Å². The molecule has 0 fully saturated rings. The number of amides is 1. The highest BCUT2D eigenvalue weighted by molar-refractivity contribution is 6.33. The van der Waals surface area contributed by atoms with Crippen LogP contribution in [0.3, 0.4) is 0 Å². The fraction of sp³-hybridized carbons (Fsp3) is 0.143. The number of nitrogens with zero attached hydrogens (tertiary/aromatic N) is 1. The zero-order valence-corrected chi connectivity index (χ0v) is 11.3. The van der Waals surface area contributed by atoms with Gasteiger partial charge in [0, 0.05) is 30.1 Å². The lowest BCUT2D eigenvalue weighted by molar-refractivity contribution is 0.0950. The van der Waals surface area contributed by atoms with Crippen molar-refractivity contribution < 1.29 is 13.6 Å². The Labute approximate surface area is 119 Å². The minimum Gasteiger partial charge on any atom is -0.348 e. The van der Waals surface area contributed by atoms with Gasteiger partial charge in [0.05, 0.1) is 10.6 Å². The number of hydrogen-bond donors (Lipinski definition) is 1. The Balaban J connectivity index is 2.08. The summed E-state index contributed by atoms with van der Waals surface area (Å²) in [5.41, 5.74) is 1.09. The van der Waals surface area contributed by atoms with E-state index in [2.05, 4.69) is 10.3 Å². The summed E-state index contributed by atoms with van der Waals surface area (Å²) in [6.07, 6.45) is 1.36. The van der Waals surface area contributed by atoms with Crippen LogP contribution in [0.4, 0.5) is 8.78 Å². The lowest BCUT2D eigenvalue weighted by Crippen LogP contribution is -2.24. The van der Waals surface area contributed by atoms with Gasteiger partial charge in [-0.25, -0.2) is 8.78 Å². The molecule has 0 saturated heterocycles. The Morgan fingerprint density at radius 3 is 2.75 bits per heavy atom. The molecule has 6 heteroatoms. The first-order chi connectivity index (χ1) is 9.47. The van der Waals surface area contributed by atoms with E-state index < -0.39 is 17.5 Å². The molecule has 0 aliphatic heterocycles. The van der Waals surface area contributed by atoms with Gasteiger partial charge in [0.25, 0.3) is 5.91 Å². The molecule has 0 bridgehead atoms. The van der Waals surface area contributed by atoms with Gasteiger partial charge in [-0.05, 0) is 19.1 Å². The van der Waals surface area contributed by atoms with E-state index in [9.17, 15) is 13.6 Å². The SMILES string of the molecule is Cc1cc(Cl)c(C(=O)NCc2ccc(F)cc2F)cn1. The molecule has 0 aliphatic rings. The van der Waals surface area contributed by atoms with Gasteiger partial charge in [0.1, 0.15) is 11.6 Å². The number of aryl methyl sites for hydroxylation is 1. The minimum atomic E-state index is -0.710. The van der Waals surface area contributed by atoms with Crippen LogP contribution in [0.5, 0.6) is 0 Å². The second kappa shape index (κ2) is 5.96. The maximum absolute atomic E-state index is 13.4. The number of pyridine rings is 1. The van der Waals surface area contributed by atoms with Crippen LogP contribution in [0.15, 0.2) is 30.5 Å². The summed E-state index contributed by atoms with van der Waals surface area (Å²) in [5, 5.41) is 2.78. The standard InChI is InChI=1S/C14H11ClF2N2O/c1-8-4-12(15)11(7-18-8)14(20)19-6-9-2-3-10(16)5-13(9)17/h2-5,7H,6H2,1H3,(H,19,20). The zero-order chi connectivity index (χ0) is 14.7. The van der Waals surface area contributed by atoms with Crippen molar-refractivity contribution in [3.05, 3.63) is 63.9 Å². The van der Waals surface area contributed by atoms with Crippen LogP contribution in [0.1, 0.15) is 21.6 Å². The van der Waals surface area contributed by atoms with E-state index in [0.717, 1.165) is 12.1 Å². The molecule has 0 spiro atoms. The van der Waals surface area contributed by atoms with Crippen molar-refractivity contribution in [2.75, 3.05) is 0 Å². The van der Waals surface area contributed by atoms with E-state index in [1.807, 2.05) is 0 Å². The van der Waals surface area contributed by atoms with Crippen molar-refractivity contribution in [2.45, 2.75) is 13.5 Å². The van der Waals surface area contributed by atoms with Crippen molar-refractivity contribution in [1.29, 1.82) is 0 Å². The molecule has 104 valence electrons. The van der Waals surface area contributed by atoms with E-state index in [1.165, 1.54) is 12.3 Å². The Bertz CT molecular complexity index is 662. The van der Waals surface area contributed by atoms with Crippen LogP contribution in [-0.4, -0.2) is 10.9 Å². The second-order valence-electron chi connectivity index (χ2n) is 4.22. The highest BCUT2D eigenvalue weighted by Crippen LogP contribution is 2.16. The summed E-state index contributed by atoms with van der Waals surface area (Å²) in [4.78, 5) is 15.9. The van der Waals surface area contributed by atoms with Gasteiger partial charge in [-0.3, -0.25) is 9.78 Å². The summed E-state index contributed by atoms with van der Waals surface area (Å²) in [7, 11) is 0. The van der Waals surface area contributed by atoms with Crippen LogP contribution >= 0.6 is 11.6 Å². The maximum Gasteiger partial charge on any atom is 0.254 e. The predicted octanol–water partition coefficient (Wildman–Crippen LogP) is 3.25. The van der Waals surface area contributed by atoms with Crippen molar-refractivity contribution in [2.24, 2.45) is 0 Å². The van der Waals surface area contributed by atoms with Gasteiger partial charge in [0.2, 0.25) is 0 Å². The monoisotopic (exact) mass is 296 g/mol. The van der Waals surface area contributed by atoms with Crippen molar-refractivity contribution in [3.63, 3.8) is 0 Å². The number of benzene rings is 1. The normalized spacial score (nSPS) is 10.4. The smallest absolute Gasteiger partial charge is 0.254 e. The number of hydrogen-bond acceptors (Lipinski definition) is 2. The molecule has 20 heavy (non-hydrogen) atoms. The van der Waals surface area contributed by atoms with Gasteiger partial charge >= 0.3 is 0 Å². The van der Waals surface area contributed by atoms with Gasteiger partial charge in [-0.1, -0.05) is 17.7 Å². The molecule has 3 nitrogen and oxygen atoms in total. The molecule has 0 saturated carbocycles. The largest absolute Gasteiger partial charge is 0.348 e. The molecule has 0 atom stereocenters. The average Bonchev–Trinajstić information content (AvgIpc) is 2.37. The number of rotatable bonds is 3.